The summed E-state index contributed by atoms with van der Waals surface area (Å²) in [5.74, 6) is -1.53. The topological polar surface area (TPSA) is 64.6 Å². The van der Waals surface area contributed by atoms with Crippen LogP contribution in [0.15, 0.2) is 89.6 Å². The van der Waals surface area contributed by atoms with Crippen LogP contribution in [0.5, 0.6) is 5.75 Å². The summed E-state index contributed by atoms with van der Waals surface area (Å²) < 4.78 is 24.6. The number of Topliss-reactive ketones (excluding diaryl/α,β-unsaturated/α-hetero) is 1. The smallest absolute Gasteiger partial charge is 0.316 e. The lowest BCUT2D eigenvalue weighted by atomic mass is 9.69. The SMILES string of the molecule is C=C1NC2=C(C(=O)CC(c3cccs3)C2)C(c2ccc(F)cc2)C1C(=O)OCc1ccc(OC)cc1. The Bertz CT molecular complexity index is 1310. The Morgan fingerprint density at radius 2 is 1.86 bits per heavy atom. The number of carbonyl (C=O) groups is 2. The van der Waals surface area contributed by atoms with Gasteiger partial charge in [0.1, 0.15) is 24.1 Å². The molecular formula is C29H26FNO4S. The molecule has 0 saturated carbocycles. The normalized spacial score (nSPS) is 21.6. The molecule has 36 heavy (non-hydrogen) atoms. The Kier molecular flexibility index (Phi) is 6.74. The number of rotatable bonds is 6. The number of hydrogen-bond acceptors (Lipinski definition) is 6. The fraction of sp³-hybridized carbons (Fsp3) is 0.241. The predicted octanol–water partition coefficient (Wildman–Crippen LogP) is 5.86. The van der Waals surface area contributed by atoms with Crippen molar-refractivity contribution < 1.29 is 23.5 Å². The van der Waals surface area contributed by atoms with Gasteiger partial charge in [0.15, 0.2) is 5.78 Å². The number of allylic oxidation sites excluding steroid dienone is 2. The first-order valence-electron chi connectivity index (χ1n) is 11.7. The molecule has 1 aromatic heterocycles. The number of esters is 1. The van der Waals surface area contributed by atoms with Gasteiger partial charge >= 0.3 is 5.97 Å². The summed E-state index contributed by atoms with van der Waals surface area (Å²) in [7, 11) is 1.59. The van der Waals surface area contributed by atoms with Crippen molar-refractivity contribution in [3.63, 3.8) is 0 Å². The van der Waals surface area contributed by atoms with Crippen LogP contribution in [-0.2, 0) is 20.9 Å². The van der Waals surface area contributed by atoms with Crippen molar-refractivity contribution in [3.8, 4) is 5.75 Å². The highest BCUT2D eigenvalue weighted by Gasteiger charge is 2.45. The molecule has 3 unspecified atom stereocenters. The number of benzene rings is 2. The first-order valence-corrected chi connectivity index (χ1v) is 12.6. The zero-order valence-electron chi connectivity index (χ0n) is 19.8. The molecule has 5 rings (SSSR count). The van der Waals surface area contributed by atoms with Crippen molar-refractivity contribution in [2.75, 3.05) is 7.11 Å². The molecule has 1 aliphatic carbocycles. The van der Waals surface area contributed by atoms with E-state index in [1.54, 1.807) is 42.7 Å². The Hall–Kier alpha value is -3.71. The van der Waals surface area contributed by atoms with E-state index in [1.807, 2.05) is 29.6 Å². The number of carbonyl (C=O) groups excluding carboxylic acids is 2. The van der Waals surface area contributed by atoms with E-state index in [2.05, 4.69) is 11.9 Å². The molecule has 0 saturated heterocycles. The second kappa shape index (κ2) is 10.1. The highest BCUT2D eigenvalue weighted by molar-refractivity contribution is 7.10. The molecule has 184 valence electrons. The third-order valence-electron chi connectivity index (χ3n) is 6.81. The van der Waals surface area contributed by atoms with Gasteiger partial charge in [-0.3, -0.25) is 9.59 Å². The average molecular weight is 504 g/mol. The van der Waals surface area contributed by atoms with Crippen LogP contribution in [0.1, 0.15) is 40.7 Å². The lowest BCUT2D eigenvalue weighted by Gasteiger charge is -2.39. The fourth-order valence-electron chi connectivity index (χ4n) is 5.05. The molecule has 2 aromatic carbocycles. The minimum absolute atomic E-state index is 0.0167. The van der Waals surface area contributed by atoms with Gasteiger partial charge in [-0.15, -0.1) is 11.3 Å². The summed E-state index contributed by atoms with van der Waals surface area (Å²) in [6.07, 6.45) is 1.00. The van der Waals surface area contributed by atoms with Crippen LogP contribution in [-0.4, -0.2) is 18.9 Å². The van der Waals surface area contributed by atoms with Crippen LogP contribution in [0.25, 0.3) is 0 Å². The van der Waals surface area contributed by atoms with Crippen molar-refractivity contribution in [1.82, 2.24) is 5.32 Å². The van der Waals surface area contributed by atoms with E-state index in [4.69, 9.17) is 9.47 Å². The molecule has 2 aliphatic rings. The first-order chi connectivity index (χ1) is 17.4. The van der Waals surface area contributed by atoms with Crippen LogP contribution < -0.4 is 10.1 Å². The summed E-state index contributed by atoms with van der Waals surface area (Å²) in [4.78, 5) is 28.1. The highest BCUT2D eigenvalue weighted by Crippen LogP contribution is 2.47. The van der Waals surface area contributed by atoms with Crippen LogP contribution in [0, 0.1) is 11.7 Å². The number of halogens is 1. The van der Waals surface area contributed by atoms with Crippen molar-refractivity contribution >= 4 is 23.1 Å². The van der Waals surface area contributed by atoms with Gasteiger partial charge in [-0.05, 0) is 53.3 Å². The number of hydrogen-bond donors (Lipinski definition) is 1. The van der Waals surface area contributed by atoms with Gasteiger partial charge in [0.25, 0.3) is 0 Å². The molecule has 0 fully saturated rings. The number of ether oxygens (including phenoxy) is 2. The molecular weight excluding hydrogens is 477 g/mol. The van der Waals surface area contributed by atoms with Crippen LogP contribution >= 0.6 is 11.3 Å². The maximum Gasteiger partial charge on any atom is 0.316 e. The molecule has 3 aromatic rings. The number of thiophene rings is 1. The van der Waals surface area contributed by atoms with E-state index >= 15 is 0 Å². The Morgan fingerprint density at radius 3 is 2.53 bits per heavy atom. The highest BCUT2D eigenvalue weighted by atomic mass is 32.1. The van der Waals surface area contributed by atoms with Crippen molar-refractivity contribution in [1.29, 1.82) is 0 Å². The van der Waals surface area contributed by atoms with E-state index in [0.717, 1.165) is 16.1 Å². The molecule has 0 radical (unpaired) electrons. The molecule has 1 aliphatic heterocycles. The van der Waals surface area contributed by atoms with Gasteiger partial charge in [-0.25, -0.2) is 4.39 Å². The van der Waals surface area contributed by atoms with E-state index in [9.17, 15) is 14.0 Å². The maximum absolute atomic E-state index is 13.8. The molecule has 1 N–H and O–H groups in total. The van der Waals surface area contributed by atoms with Crippen LogP contribution in [0.4, 0.5) is 4.39 Å². The van der Waals surface area contributed by atoms with Crippen molar-refractivity contribution in [2.24, 2.45) is 5.92 Å². The maximum atomic E-state index is 13.8. The molecule has 5 nitrogen and oxygen atoms in total. The molecule has 3 atom stereocenters. The van der Waals surface area contributed by atoms with E-state index in [1.165, 1.54) is 12.1 Å². The average Bonchev–Trinajstić information content (AvgIpc) is 3.42. The standard InChI is InChI=1S/C29H26FNO4S/c1-17-26(29(33)35-16-18-5-11-22(34-2)12-6-18)27(19-7-9-21(30)10-8-19)28-23(31-17)14-20(15-24(28)32)25-4-3-13-36-25/h3-13,20,26-27,31H,1,14-16H2,2H3. The predicted molar refractivity (Wildman–Crippen MR) is 136 cm³/mol. The molecule has 7 heteroatoms. The van der Waals surface area contributed by atoms with Crippen LogP contribution in [0.3, 0.4) is 0 Å². The zero-order chi connectivity index (χ0) is 25.2. The Labute approximate surface area is 213 Å². The third-order valence-corrected chi connectivity index (χ3v) is 7.84. The molecule has 0 amide bonds. The van der Waals surface area contributed by atoms with Gasteiger partial charge < -0.3 is 14.8 Å². The number of methoxy groups -OCH3 is 1. The van der Waals surface area contributed by atoms with E-state index < -0.39 is 17.8 Å². The fourth-order valence-corrected chi connectivity index (χ4v) is 5.88. The molecule has 2 heterocycles. The first kappa shape index (κ1) is 24.0. The van der Waals surface area contributed by atoms with Gasteiger partial charge in [-0.2, -0.15) is 0 Å². The number of nitrogens with one attached hydrogen (secondary N) is 1. The van der Waals surface area contributed by atoms with Gasteiger partial charge in [0.05, 0.1) is 7.11 Å². The summed E-state index contributed by atoms with van der Waals surface area (Å²) in [6.45, 7) is 4.22. The van der Waals surface area contributed by atoms with Crippen molar-refractivity contribution in [3.05, 3.63) is 111 Å². The second-order valence-corrected chi connectivity index (χ2v) is 10.0. The van der Waals surface area contributed by atoms with E-state index in [-0.39, 0.29) is 24.1 Å². The Morgan fingerprint density at radius 1 is 1.11 bits per heavy atom. The minimum atomic E-state index is -0.824. The van der Waals surface area contributed by atoms with Gasteiger partial charge in [0, 0.05) is 40.1 Å². The molecule has 0 spiro atoms. The van der Waals surface area contributed by atoms with Crippen LogP contribution in [0.2, 0.25) is 0 Å². The van der Waals surface area contributed by atoms with Gasteiger partial charge in [0.2, 0.25) is 0 Å². The minimum Gasteiger partial charge on any atom is -0.497 e. The summed E-state index contributed by atoms with van der Waals surface area (Å²) in [5, 5.41) is 5.28. The summed E-state index contributed by atoms with van der Waals surface area (Å²) in [6, 6.07) is 17.2. The van der Waals surface area contributed by atoms with Gasteiger partial charge in [-0.1, -0.05) is 36.9 Å². The molecule has 0 bridgehead atoms. The Balaban J connectivity index is 1.46. The largest absolute Gasteiger partial charge is 0.497 e. The third kappa shape index (κ3) is 4.71. The summed E-state index contributed by atoms with van der Waals surface area (Å²) >= 11 is 1.63. The summed E-state index contributed by atoms with van der Waals surface area (Å²) in [5.41, 5.74) is 3.31. The van der Waals surface area contributed by atoms with E-state index in [0.29, 0.717) is 35.4 Å². The lowest BCUT2D eigenvalue weighted by molar-refractivity contribution is -0.149. The van der Waals surface area contributed by atoms with Crippen molar-refractivity contribution in [2.45, 2.75) is 31.3 Å². The monoisotopic (exact) mass is 503 g/mol. The lowest BCUT2D eigenvalue weighted by Crippen LogP contribution is -2.42. The quantitative estimate of drug-likeness (QED) is 0.427. The zero-order valence-corrected chi connectivity index (χ0v) is 20.6. The number of ketones is 1. The second-order valence-electron chi connectivity index (χ2n) is 9.05.